The van der Waals surface area contributed by atoms with Crippen molar-refractivity contribution in [1.29, 1.82) is 0 Å². The molecule has 1 amide bonds. The van der Waals surface area contributed by atoms with Crippen LogP contribution in [0.2, 0.25) is 0 Å². The second-order valence-corrected chi connectivity index (χ2v) is 6.27. The third-order valence-corrected chi connectivity index (χ3v) is 4.66. The van der Waals surface area contributed by atoms with Gasteiger partial charge in [-0.1, -0.05) is 5.16 Å². The molecule has 1 aliphatic rings. The van der Waals surface area contributed by atoms with Gasteiger partial charge in [0.25, 0.3) is 5.91 Å². The van der Waals surface area contributed by atoms with E-state index in [1.807, 2.05) is 6.07 Å². The second-order valence-electron chi connectivity index (χ2n) is 6.27. The normalized spacial score (nSPS) is 16.2. The Morgan fingerprint density at radius 1 is 1.21 bits per heavy atom. The largest absolute Gasteiger partial charge is 0.493 e. The summed E-state index contributed by atoms with van der Waals surface area (Å²) in [5, 5.41) is 4.08. The third kappa shape index (κ3) is 3.26. The van der Waals surface area contributed by atoms with E-state index in [4.69, 9.17) is 14.0 Å². The Morgan fingerprint density at radius 3 is 2.82 bits per heavy atom. The number of nitrogens with zero attached hydrogens (tertiary/aromatic N) is 5. The van der Waals surface area contributed by atoms with Crippen LogP contribution < -0.4 is 9.47 Å². The number of methoxy groups -OCH3 is 2. The molecular weight excluding hydrogens is 362 g/mol. The van der Waals surface area contributed by atoms with Gasteiger partial charge in [0, 0.05) is 24.5 Å². The maximum Gasteiger partial charge on any atom is 0.274 e. The Balaban J connectivity index is 1.59. The summed E-state index contributed by atoms with van der Waals surface area (Å²) >= 11 is 0. The monoisotopic (exact) mass is 381 g/mol. The minimum atomic E-state index is -0.282. The first-order chi connectivity index (χ1) is 13.7. The van der Waals surface area contributed by atoms with Crippen molar-refractivity contribution in [1.82, 2.24) is 25.0 Å². The molecule has 1 aromatic carbocycles. The molecule has 0 spiro atoms. The van der Waals surface area contributed by atoms with E-state index < -0.39 is 0 Å². The van der Waals surface area contributed by atoms with E-state index in [9.17, 15) is 4.79 Å². The lowest BCUT2D eigenvalue weighted by atomic mass is 10.2. The average molecular weight is 381 g/mol. The van der Waals surface area contributed by atoms with Crippen molar-refractivity contribution >= 4 is 5.91 Å². The van der Waals surface area contributed by atoms with Gasteiger partial charge < -0.3 is 18.9 Å². The van der Waals surface area contributed by atoms with E-state index in [0.29, 0.717) is 35.5 Å². The van der Waals surface area contributed by atoms with Crippen LogP contribution in [0.3, 0.4) is 0 Å². The van der Waals surface area contributed by atoms with Crippen molar-refractivity contribution in [2.45, 2.75) is 18.9 Å². The Hall–Kier alpha value is -3.49. The second kappa shape index (κ2) is 7.63. The Kier molecular flexibility index (Phi) is 4.88. The predicted molar refractivity (Wildman–Crippen MR) is 97.9 cm³/mol. The van der Waals surface area contributed by atoms with E-state index in [2.05, 4.69) is 20.1 Å². The lowest BCUT2D eigenvalue weighted by Gasteiger charge is -2.21. The number of carbonyl (C=O) groups excluding carboxylic acids is 1. The predicted octanol–water partition coefficient (Wildman–Crippen LogP) is 2.52. The molecule has 0 saturated carbocycles. The van der Waals surface area contributed by atoms with Gasteiger partial charge in [0.2, 0.25) is 11.7 Å². The van der Waals surface area contributed by atoms with Crippen LogP contribution in [0.1, 0.15) is 35.3 Å². The molecule has 28 heavy (non-hydrogen) atoms. The SMILES string of the molecule is COc1ccc(-c2noc([C@@H]3CCCN3C(=O)c3cnccn3)n2)cc1OC. The van der Waals surface area contributed by atoms with Crippen LogP contribution in [0, 0.1) is 0 Å². The van der Waals surface area contributed by atoms with Crippen molar-refractivity contribution < 1.29 is 18.8 Å². The summed E-state index contributed by atoms with van der Waals surface area (Å²) < 4.78 is 16.1. The molecular formula is C19H19N5O4. The van der Waals surface area contributed by atoms with E-state index in [1.165, 1.54) is 18.6 Å². The van der Waals surface area contributed by atoms with Gasteiger partial charge >= 0.3 is 0 Å². The van der Waals surface area contributed by atoms with Crippen molar-refractivity contribution in [2.75, 3.05) is 20.8 Å². The van der Waals surface area contributed by atoms with E-state index in [1.54, 1.807) is 31.3 Å². The Labute approximate surface area is 161 Å². The number of hydrogen-bond acceptors (Lipinski definition) is 8. The van der Waals surface area contributed by atoms with Gasteiger partial charge in [-0.2, -0.15) is 4.98 Å². The first-order valence-electron chi connectivity index (χ1n) is 8.84. The number of carbonyl (C=O) groups is 1. The van der Waals surface area contributed by atoms with E-state index in [0.717, 1.165) is 18.4 Å². The van der Waals surface area contributed by atoms with Gasteiger partial charge in [-0.3, -0.25) is 9.78 Å². The third-order valence-electron chi connectivity index (χ3n) is 4.66. The minimum Gasteiger partial charge on any atom is -0.493 e. The molecule has 0 radical (unpaired) electrons. The highest BCUT2D eigenvalue weighted by molar-refractivity contribution is 5.92. The van der Waals surface area contributed by atoms with Crippen molar-refractivity contribution in [3.05, 3.63) is 48.4 Å². The van der Waals surface area contributed by atoms with E-state index >= 15 is 0 Å². The summed E-state index contributed by atoms with van der Waals surface area (Å²) in [6, 6.07) is 5.11. The van der Waals surface area contributed by atoms with Gasteiger partial charge in [0.05, 0.1) is 20.4 Å². The highest BCUT2D eigenvalue weighted by Crippen LogP contribution is 2.35. The lowest BCUT2D eigenvalue weighted by molar-refractivity contribution is 0.0703. The molecule has 1 fully saturated rings. The zero-order chi connectivity index (χ0) is 19.5. The van der Waals surface area contributed by atoms with Crippen LogP contribution in [-0.2, 0) is 0 Å². The zero-order valence-corrected chi connectivity index (χ0v) is 15.5. The Morgan fingerprint density at radius 2 is 2.07 bits per heavy atom. The van der Waals surface area contributed by atoms with Crippen LogP contribution in [0.4, 0.5) is 0 Å². The summed E-state index contributed by atoms with van der Waals surface area (Å²) in [5.74, 6) is 1.83. The molecule has 0 aliphatic carbocycles. The number of rotatable bonds is 5. The fourth-order valence-corrected chi connectivity index (χ4v) is 3.29. The maximum atomic E-state index is 12.8. The summed E-state index contributed by atoms with van der Waals surface area (Å²) in [4.78, 5) is 27.0. The molecule has 2 aromatic heterocycles. The molecule has 1 aliphatic heterocycles. The molecule has 9 heteroatoms. The number of likely N-dealkylation sites (tertiary alicyclic amines) is 1. The van der Waals surface area contributed by atoms with Gasteiger partial charge in [0.15, 0.2) is 11.5 Å². The zero-order valence-electron chi connectivity index (χ0n) is 15.5. The number of amides is 1. The summed E-state index contributed by atoms with van der Waals surface area (Å²) in [5.41, 5.74) is 1.03. The number of aromatic nitrogens is 4. The van der Waals surface area contributed by atoms with Crippen molar-refractivity contribution in [2.24, 2.45) is 0 Å². The average Bonchev–Trinajstić information content (AvgIpc) is 3.42. The minimum absolute atomic E-state index is 0.193. The molecule has 3 heterocycles. The fraction of sp³-hybridized carbons (Fsp3) is 0.316. The molecule has 3 aromatic rings. The van der Waals surface area contributed by atoms with Crippen molar-refractivity contribution in [3.8, 4) is 22.9 Å². The molecule has 0 N–H and O–H groups in total. The van der Waals surface area contributed by atoms with E-state index in [-0.39, 0.29) is 11.9 Å². The van der Waals surface area contributed by atoms with Gasteiger partial charge in [-0.05, 0) is 31.0 Å². The van der Waals surface area contributed by atoms with Crippen LogP contribution in [0.15, 0.2) is 41.3 Å². The molecule has 1 saturated heterocycles. The number of ether oxygens (including phenoxy) is 2. The maximum absolute atomic E-state index is 12.8. The highest BCUT2D eigenvalue weighted by Gasteiger charge is 2.35. The van der Waals surface area contributed by atoms with Crippen LogP contribution in [0.25, 0.3) is 11.4 Å². The smallest absolute Gasteiger partial charge is 0.274 e. The molecule has 9 nitrogen and oxygen atoms in total. The summed E-state index contributed by atoms with van der Waals surface area (Å²) in [6.45, 7) is 0.605. The molecule has 0 bridgehead atoms. The van der Waals surface area contributed by atoms with Crippen molar-refractivity contribution in [3.63, 3.8) is 0 Å². The fourth-order valence-electron chi connectivity index (χ4n) is 3.29. The van der Waals surface area contributed by atoms with Crippen LogP contribution in [0.5, 0.6) is 11.5 Å². The number of benzene rings is 1. The van der Waals surface area contributed by atoms with Gasteiger partial charge in [-0.25, -0.2) is 4.98 Å². The Bertz CT molecular complexity index is 975. The van der Waals surface area contributed by atoms with Gasteiger partial charge in [0.1, 0.15) is 11.7 Å². The topological polar surface area (TPSA) is 103 Å². The summed E-state index contributed by atoms with van der Waals surface area (Å²) in [7, 11) is 3.14. The first kappa shape index (κ1) is 17.9. The van der Waals surface area contributed by atoms with Crippen LogP contribution >= 0.6 is 0 Å². The summed E-state index contributed by atoms with van der Waals surface area (Å²) in [6.07, 6.45) is 6.09. The lowest BCUT2D eigenvalue weighted by Crippen LogP contribution is -2.31. The number of hydrogen-bond donors (Lipinski definition) is 0. The molecule has 0 unspecified atom stereocenters. The standard InChI is InChI=1S/C19H19N5O4/c1-26-15-6-5-12(10-16(15)27-2)17-22-18(28-23-17)14-4-3-9-24(14)19(25)13-11-20-7-8-21-13/h5-8,10-11,14H,3-4,9H2,1-2H3/t14-/m0/s1. The first-order valence-corrected chi connectivity index (χ1v) is 8.84. The van der Waals surface area contributed by atoms with Crippen LogP contribution in [-0.4, -0.2) is 51.7 Å². The quantitative estimate of drug-likeness (QED) is 0.664. The molecule has 4 rings (SSSR count). The molecule has 144 valence electrons. The van der Waals surface area contributed by atoms with Gasteiger partial charge in [-0.15, -0.1) is 0 Å². The highest BCUT2D eigenvalue weighted by atomic mass is 16.5. The molecule has 1 atom stereocenters.